The Kier molecular flexibility index (Phi) is 5.36. The van der Waals surface area contributed by atoms with Crippen molar-refractivity contribution in [1.82, 2.24) is 10.2 Å². The number of carbonyl (C=O) groups is 1. The molecule has 1 heterocycles. The van der Waals surface area contributed by atoms with E-state index in [9.17, 15) is 4.79 Å². The van der Waals surface area contributed by atoms with Crippen LogP contribution in [-0.4, -0.2) is 43.0 Å². The van der Waals surface area contributed by atoms with Gasteiger partial charge < -0.3 is 10.6 Å². The lowest BCUT2D eigenvalue weighted by Gasteiger charge is -2.38. The number of para-hydroxylation sites is 1. The Hall–Kier alpha value is -1.39. The minimum Gasteiger partial charge on any atom is -0.326 e. The van der Waals surface area contributed by atoms with Crippen molar-refractivity contribution >= 4 is 11.6 Å². The second-order valence-electron chi connectivity index (χ2n) is 5.01. The summed E-state index contributed by atoms with van der Waals surface area (Å²) < 4.78 is 0. The van der Waals surface area contributed by atoms with E-state index in [1.54, 1.807) is 0 Å². The highest BCUT2D eigenvalue weighted by Gasteiger charge is 2.23. The van der Waals surface area contributed by atoms with Crippen molar-refractivity contribution in [3.8, 4) is 0 Å². The quantitative estimate of drug-likeness (QED) is 0.785. The first-order chi connectivity index (χ1) is 9.29. The van der Waals surface area contributed by atoms with Crippen molar-refractivity contribution in [2.45, 2.75) is 25.8 Å². The Morgan fingerprint density at radius 1 is 1.32 bits per heavy atom. The Balaban J connectivity index is 1.75. The average Bonchev–Trinajstić information content (AvgIpc) is 2.35. The molecule has 0 unspecified atom stereocenters. The maximum atomic E-state index is 11.9. The van der Waals surface area contributed by atoms with Crippen LogP contribution >= 0.6 is 0 Å². The monoisotopic (exact) mass is 261 g/mol. The van der Waals surface area contributed by atoms with E-state index in [1.165, 1.54) is 0 Å². The molecular formula is C15H23N3O. The fourth-order valence-electron chi connectivity index (χ4n) is 2.29. The molecule has 1 aromatic carbocycles. The zero-order valence-corrected chi connectivity index (χ0v) is 11.6. The number of nitrogens with one attached hydrogen (secondary N) is 2. The summed E-state index contributed by atoms with van der Waals surface area (Å²) in [5.41, 5.74) is 0.875. The van der Waals surface area contributed by atoms with Gasteiger partial charge >= 0.3 is 0 Å². The minimum absolute atomic E-state index is 0.0968. The Morgan fingerprint density at radius 3 is 2.63 bits per heavy atom. The Morgan fingerprint density at radius 2 is 2.05 bits per heavy atom. The number of rotatable bonds is 7. The molecule has 4 nitrogen and oxygen atoms in total. The fraction of sp³-hybridized carbons (Fsp3) is 0.533. The number of carbonyl (C=O) groups excluding carboxylic acids is 1. The number of benzene rings is 1. The van der Waals surface area contributed by atoms with E-state index in [-0.39, 0.29) is 5.91 Å². The number of hydrogen-bond acceptors (Lipinski definition) is 3. The van der Waals surface area contributed by atoms with Gasteiger partial charge in [-0.25, -0.2) is 0 Å². The van der Waals surface area contributed by atoms with E-state index in [0.717, 1.165) is 38.3 Å². The standard InChI is InChI=1S/C15H23N3O/c1-2-9-18(14-11-16-12-14)10-8-15(19)17-13-6-4-3-5-7-13/h3-7,14,16H,2,8-12H2,1H3,(H,17,19). The van der Waals surface area contributed by atoms with Crippen LogP contribution in [0.15, 0.2) is 30.3 Å². The van der Waals surface area contributed by atoms with E-state index in [0.29, 0.717) is 12.5 Å². The third-order valence-electron chi connectivity index (χ3n) is 3.47. The molecule has 0 aromatic heterocycles. The summed E-state index contributed by atoms with van der Waals surface area (Å²) in [6.07, 6.45) is 1.70. The molecule has 0 radical (unpaired) electrons. The third kappa shape index (κ3) is 4.33. The van der Waals surface area contributed by atoms with Gasteiger partial charge in [0.15, 0.2) is 0 Å². The Labute approximate surface area is 115 Å². The smallest absolute Gasteiger partial charge is 0.225 e. The highest BCUT2D eigenvalue weighted by Crippen LogP contribution is 2.09. The van der Waals surface area contributed by atoms with Gasteiger partial charge in [0.2, 0.25) is 5.91 Å². The van der Waals surface area contributed by atoms with Crippen LogP contribution < -0.4 is 10.6 Å². The largest absolute Gasteiger partial charge is 0.326 e. The maximum Gasteiger partial charge on any atom is 0.225 e. The molecule has 0 saturated carbocycles. The summed E-state index contributed by atoms with van der Waals surface area (Å²) in [7, 11) is 0. The zero-order chi connectivity index (χ0) is 13.5. The summed E-state index contributed by atoms with van der Waals surface area (Å²) >= 11 is 0. The van der Waals surface area contributed by atoms with Crippen molar-refractivity contribution in [2.75, 3.05) is 31.5 Å². The van der Waals surface area contributed by atoms with E-state index >= 15 is 0 Å². The lowest BCUT2D eigenvalue weighted by atomic mass is 10.1. The maximum absolute atomic E-state index is 11.9. The van der Waals surface area contributed by atoms with E-state index in [2.05, 4.69) is 22.5 Å². The summed E-state index contributed by atoms with van der Waals surface area (Å²) in [5.74, 6) is 0.0968. The summed E-state index contributed by atoms with van der Waals surface area (Å²) in [6, 6.07) is 10.2. The van der Waals surface area contributed by atoms with Gasteiger partial charge in [0, 0.05) is 37.8 Å². The number of hydrogen-bond donors (Lipinski definition) is 2. The first kappa shape index (κ1) is 14.0. The van der Waals surface area contributed by atoms with Crippen LogP contribution in [0, 0.1) is 0 Å². The molecule has 1 amide bonds. The molecule has 1 aromatic rings. The summed E-state index contributed by atoms with van der Waals surface area (Å²) in [5, 5.41) is 6.22. The highest BCUT2D eigenvalue weighted by atomic mass is 16.1. The molecule has 104 valence electrons. The van der Waals surface area contributed by atoms with Crippen LogP contribution in [0.1, 0.15) is 19.8 Å². The topological polar surface area (TPSA) is 44.4 Å². The number of nitrogens with zero attached hydrogens (tertiary/aromatic N) is 1. The van der Waals surface area contributed by atoms with E-state index in [4.69, 9.17) is 0 Å². The molecular weight excluding hydrogens is 238 g/mol. The van der Waals surface area contributed by atoms with Crippen molar-refractivity contribution in [1.29, 1.82) is 0 Å². The molecule has 1 saturated heterocycles. The lowest BCUT2D eigenvalue weighted by Crippen LogP contribution is -2.57. The Bertz CT molecular complexity index is 390. The summed E-state index contributed by atoms with van der Waals surface area (Å²) in [4.78, 5) is 14.3. The molecule has 2 N–H and O–H groups in total. The van der Waals surface area contributed by atoms with Crippen LogP contribution in [0.4, 0.5) is 5.69 Å². The van der Waals surface area contributed by atoms with Crippen molar-refractivity contribution in [3.05, 3.63) is 30.3 Å². The second kappa shape index (κ2) is 7.26. The van der Waals surface area contributed by atoms with Gasteiger partial charge in [0.1, 0.15) is 0 Å². The van der Waals surface area contributed by atoms with Crippen LogP contribution in [0.3, 0.4) is 0 Å². The van der Waals surface area contributed by atoms with Crippen LogP contribution in [0.2, 0.25) is 0 Å². The SMILES string of the molecule is CCCN(CCC(=O)Nc1ccccc1)C1CNC1. The minimum atomic E-state index is 0.0968. The van der Waals surface area contributed by atoms with Crippen molar-refractivity contribution < 1.29 is 4.79 Å². The average molecular weight is 261 g/mol. The van der Waals surface area contributed by atoms with Gasteiger partial charge in [-0.2, -0.15) is 0 Å². The van der Waals surface area contributed by atoms with Gasteiger partial charge in [-0.3, -0.25) is 9.69 Å². The molecule has 0 bridgehead atoms. The molecule has 19 heavy (non-hydrogen) atoms. The fourth-order valence-corrected chi connectivity index (χ4v) is 2.29. The lowest BCUT2D eigenvalue weighted by molar-refractivity contribution is -0.116. The van der Waals surface area contributed by atoms with Crippen LogP contribution in [0.5, 0.6) is 0 Å². The molecule has 2 rings (SSSR count). The normalized spacial score (nSPS) is 15.3. The highest BCUT2D eigenvalue weighted by molar-refractivity contribution is 5.90. The molecule has 1 aliphatic heterocycles. The van der Waals surface area contributed by atoms with Crippen molar-refractivity contribution in [2.24, 2.45) is 0 Å². The zero-order valence-electron chi connectivity index (χ0n) is 11.6. The molecule has 0 spiro atoms. The van der Waals surface area contributed by atoms with Crippen LogP contribution in [-0.2, 0) is 4.79 Å². The van der Waals surface area contributed by atoms with Gasteiger partial charge in [-0.1, -0.05) is 25.1 Å². The molecule has 0 atom stereocenters. The summed E-state index contributed by atoms with van der Waals surface area (Å²) in [6.45, 7) is 6.22. The first-order valence-corrected chi connectivity index (χ1v) is 7.09. The van der Waals surface area contributed by atoms with Gasteiger partial charge in [-0.15, -0.1) is 0 Å². The van der Waals surface area contributed by atoms with E-state index < -0.39 is 0 Å². The second-order valence-corrected chi connectivity index (χ2v) is 5.01. The van der Waals surface area contributed by atoms with Gasteiger partial charge in [0.05, 0.1) is 0 Å². The van der Waals surface area contributed by atoms with Crippen molar-refractivity contribution in [3.63, 3.8) is 0 Å². The third-order valence-corrected chi connectivity index (χ3v) is 3.47. The number of anilines is 1. The molecule has 0 aliphatic carbocycles. The molecule has 1 aliphatic rings. The number of amides is 1. The van der Waals surface area contributed by atoms with E-state index in [1.807, 2.05) is 30.3 Å². The van der Waals surface area contributed by atoms with Gasteiger partial charge in [0.25, 0.3) is 0 Å². The molecule has 4 heteroatoms. The predicted molar refractivity (Wildman–Crippen MR) is 78.2 cm³/mol. The van der Waals surface area contributed by atoms with Crippen LogP contribution in [0.25, 0.3) is 0 Å². The predicted octanol–water partition coefficient (Wildman–Crippen LogP) is 1.70. The van der Waals surface area contributed by atoms with Gasteiger partial charge in [-0.05, 0) is 25.1 Å². The molecule has 1 fully saturated rings. The first-order valence-electron chi connectivity index (χ1n) is 7.09.